The van der Waals surface area contributed by atoms with Crippen LogP contribution < -0.4 is 5.32 Å². The zero-order valence-corrected chi connectivity index (χ0v) is 22.7. The monoisotopic (exact) mass is 477 g/mol. The molecular weight excluding hydrogens is 426 g/mol. The smallest absolute Gasteiger partial charge is 0.307 e. The van der Waals surface area contributed by atoms with Gasteiger partial charge in [0.05, 0.1) is 5.92 Å². The highest BCUT2D eigenvalue weighted by atomic mass is 16.7. The molecule has 4 fully saturated rings. The van der Waals surface area contributed by atoms with Gasteiger partial charge in [0.2, 0.25) is 0 Å². The predicted octanol–water partition coefficient (Wildman–Crippen LogP) is 6.11. The van der Waals surface area contributed by atoms with Gasteiger partial charge in [0.25, 0.3) is 0 Å². The lowest BCUT2D eigenvalue weighted by molar-refractivity contribution is -0.281. The summed E-state index contributed by atoms with van der Waals surface area (Å²) >= 11 is 0. The van der Waals surface area contributed by atoms with Gasteiger partial charge in [-0.1, -0.05) is 27.7 Å². The van der Waals surface area contributed by atoms with E-state index in [1.54, 1.807) is 0 Å². The number of aliphatic carboxylic acids is 1. The minimum Gasteiger partial charge on any atom is -0.481 e. The molecular formula is C29H51NO4. The van der Waals surface area contributed by atoms with Gasteiger partial charge in [-0.3, -0.25) is 4.79 Å². The first-order chi connectivity index (χ1) is 16.1. The summed E-state index contributed by atoms with van der Waals surface area (Å²) in [6, 6.07) is 0.407. The molecule has 2 N–H and O–H groups in total. The van der Waals surface area contributed by atoms with Crippen molar-refractivity contribution in [1.29, 1.82) is 0 Å². The second-order valence-corrected chi connectivity index (χ2v) is 13.0. The Morgan fingerprint density at radius 2 is 1.71 bits per heavy atom. The molecule has 0 saturated heterocycles. The summed E-state index contributed by atoms with van der Waals surface area (Å²) in [6.07, 6.45) is 9.72. The Bertz CT molecular complexity index is 719. The largest absolute Gasteiger partial charge is 0.481 e. The Morgan fingerprint density at radius 1 is 1.00 bits per heavy atom. The Balaban J connectivity index is 1.64. The van der Waals surface area contributed by atoms with E-state index in [0.29, 0.717) is 48.8 Å². The van der Waals surface area contributed by atoms with Crippen molar-refractivity contribution < 1.29 is 19.4 Å². The summed E-state index contributed by atoms with van der Waals surface area (Å²) in [7, 11) is 0. The van der Waals surface area contributed by atoms with Crippen LogP contribution in [0.15, 0.2) is 0 Å². The second-order valence-electron chi connectivity index (χ2n) is 13.0. The Kier molecular flexibility index (Phi) is 7.78. The third kappa shape index (κ3) is 4.47. The van der Waals surface area contributed by atoms with E-state index < -0.39 is 11.8 Å². The third-order valence-electron chi connectivity index (χ3n) is 10.9. The lowest BCUT2D eigenvalue weighted by atomic mass is 9.43. The van der Waals surface area contributed by atoms with Crippen LogP contribution in [-0.4, -0.2) is 42.7 Å². The number of nitrogens with one attached hydrogen (secondary N) is 1. The standard InChI is InChI=1S/C29H51NO4/c1-7-33-29(34-8-2)15-14-27(5)20(17-29)9-10-21-22-11-12-23(26(31)32)28(22,6)18-24(25(21)27)30-16-13-19(3)4/h19-25,30H,7-18H2,1-6H3,(H,31,32)/t20?,21-,22-,23?,24?,25-,27-,28-/m0/s1. The molecule has 4 aliphatic carbocycles. The maximum atomic E-state index is 12.3. The van der Waals surface area contributed by atoms with Crippen molar-refractivity contribution in [2.75, 3.05) is 19.8 Å². The molecule has 0 bridgehead atoms. The summed E-state index contributed by atoms with van der Waals surface area (Å²) in [5, 5.41) is 14.1. The quantitative estimate of drug-likeness (QED) is 0.392. The van der Waals surface area contributed by atoms with Gasteiger partial charge in [-0.15, -0.1) is 0 Å². The van der Waals surface area contributed by atoms with Crippen LogP contribution >= 0.6 is 0 Å². The van der Waals surface area contributed by atoms with Gasteiger partial charge in [0.1, 0.15) is 0 Å². The predicted molar refractivity (Wildman–Crippen MR) is 135 cm³/mol. The molecule has 0 spiro atoms. The Labute approximate surface area is 208 Å². The van der Waals surface area contributed by atoms with E-state index in [9.17, 15) is 9.90 Å². The van der Waals surface area contributed by atoms with Crippen molar-refractivity contribution in [2.45, 2.75) is 111 Å². The van der Waals surface area contributed by atoms with Gasteiger partial charge in [0, 0.05) is 32.1 Å². The molecule has 5 heteroatoms. The minimum absolute atomic E-state index is 0.0826. The first-order valence-electron chi connectivity index (χ1n) is 14.3. The van der Waals surface area contributed by atoms with Crippen LogP contribution in [0.5, 0.6) is 0 Å². The average Bonchev–Trinajstić information content (AvgIpc) is 3.11. The molecule has 3 unspecified atom stereocenters. The zero-order chi connectivity index (χ0) is 24.7. The summed E-state index contributed by atoms with van der Waals surface area (Å²) < 4.78 is 12.6. The Morgan fingerprint density at radius 3 is 2.32 bits per heavy atom. The molecule has 0 radical (unpaired) electrons. The molecule has 0 aromatic rings. The van der Waals surface area contributed by atoms with Crippen molar-refractivity contribution in [2.24, 2.45) is 46.3 Å². The molecule has 0 aromatic heterocycles. The van der Waals surface area contributed by atoms with Gasteiger partial charge in [0.15, 0.2) is 5.79 Å². The first-order valence-corrected chi connectivity index (χ1v) is 14.3. The number of fused-ring (bicyclic) bond motifs is 5. The average molecular weight is 478 g/mol. The molecule has 0 amide bonds. The molecule has 0 heterocycles. The normalized spacial score (nSPS) is 43.3. The maximum Gasteiger partial charge on any atom is 0.307 e. The molecule has 4 aliphatic rings. The number of carboxylic acid groups (broad SMARTS) is 1. The molecule has 34 heavy (non-hydrogen) atoms. The Hall–Kier alpha value is -0.650. The SMILES string of the molecule is CCOC1(OCC)CC[C@@]2(C)C(CC[C@@H]3[C@H]2C(NCCC(C)C)C[C@]2(C)C(C(=O)O)CC[C@@H]32)C1. The van der Waals surface area contributed by atoms with Crippen LogP contribution in [0.4, 0.5) is 0 Å². The summed E-state index contributed by atoms with van der Waals surface area (Å²) in [5.74, 6) is 1.91. The van der Waals surface area contributed by atoms with Crippen LogP contribution in [0.25, 0.3) is 0 Å². The molecule has 0 aromatic carbocycles. The fraction of sp³-hybridized carbons (Fsp3) is 0.966. The highest BCUT2D eigenvalue weighted by molar-refractivity contribution is 5.71. The summed E-state index contributed by atoms with van der Waals surface area (Å²) in [4.78, 5) is 12.3. The van der Waals surface area contributed by atoms with Crippen molar-refractivity contribution >= 4 is 5.97 Å². The van der Waals surface area contributed by atoms with Gasteiger partial charge in [-0.05, 0) is 106 Å². The molecule has 8 atom stereocenters. The van der Waals surface area contributed by atoms with Crippen LogP contribution in [0.2, 0.25) is 0 Å². The fourth-order valence-electron chi connectivity index (χ4n) is 9.37. The first kappa shape index (κ1) is 26.4. The molecule has 0 aliphatic heterocycles. The number of ether oxygens (including phenoxy) is 2. The fourth-order valence-corrected chi connectivity index (χ4v) is 9.37. The summed E-state index contributed by atoms with van der Waals surface area (Å²) in [5.41, 5.74) is 0.180. The molecule has 196 valence electrons. The molecule has 5 nitrogen and oxygen atoms in total. The highest BCUT2D eigenvalue weighted by Crippen LogP contribution is 2.68. The van der Waals surface area contributed by atoms with E-state index in [4.69, 9.17) is 9.47 Å². The number of hydrogen-bond acceptors (Lipinski definition) is 4. The van der Waals surface area contributed by atoms with Crippen molar-refractivity contribution in [3.63, 3.8) is 0 Å². The van der Waals surface area contributed by atoms with Gasteiger partial charge < -0.3 is 19.9 Å². The number of rotatable bonds is 9. The maximum absolute atomic E-state index is 12.3. The minimum atomic E-state index is -0.569. The van der Waals surface area contributed by atoms with Gasteiger partial charge >= 0.3 is 5.97 Å². The zero-order valence-electron chi connectivity index (χ0n) is 22.7. The van der Waals surface area contributed by atoms with E-state index >= 15 is 0 Å². The number of hydrogen-bond donors (Lipinski definition) is 2. The van der Waals surface area contributed by atoms with Crippen LogP contribution in [0.1, 0.15) is 99.3 Å². The van der Waals surface area contributed by atoms with Crippen molar-refractivity contribution in [1.82, 2.24) is 5.32 Å². The molecule has 4 saturated carbocycles. The lowest BCUT2D eigenvalue weighted by Gasteiger charge is -2.64. The van der Waals surface area contributed by atoms with Gasteiger partial charge in [-0.2, -0.15) is 0 Å². The van der Waals surface area contributed by atoms with Gasteiger partial charge in [-0.25, -0.2) is 0 Å². The third-order valence-corrected chi connectivity index (χ3v) is 10.9. The van der Waals surface area contributed by atoms with Crippen LogP contribution in [0, 0.1) is 46.3 Å². The van der Waals surface area contributed by atoms with Crippen LogP contribution in [-0.2, 0) is 14.3 Å². The molecule has 4 rings (SSSR count). The van der Waals surface area contributed by atoms with E-state index in [-0.39, 0.29) is 16.7 Å². The highest BCUT2D eigenvalue weighted by Gasteiger charge is 2.65. The number of carbonyl (C=O) groups is 1. The van der Waals surface area contributed by atoms with E-state index in [1.165, 1.54) is 19.3 Å². The number of carboxylic acids is 1. The lowest BCUT2D eigenvalue weighted by Crippen LogP contribution is -2.63. The van der Waals surface area contributed by atoms with E-state index in [1.807, 2.05) is 0 Å². The van der Waals surface area contributed by atoms with Crippen molar-refractivity contribution in [3.05, 3.63) is 0 Å². The van der Waals surface area contributed by atoms with E-state index in [0.717, 1.165) is 45.1 Å². The second kappa shape index (κ2) is 10.0. The topological polar surface area (TPSA) is 67.8 Å². The van der Waals surface area contributed by atoms with Crippen molar-refractivity contribution in [3.8, 4) is 0 Å². The van der Waals surface area contributed by atoms with Crippen LogP contribution in [0.3, 0.4) is 0 Å². The van der Waals surface area contributed by atoms with E-state index in [2.05, 4.69) is 46.9 Å². The summed E-state index contributed by atoms with van der Waals surface area (Å²) in [6.45, 7) is 16.1.